The van der Waals surface area contributed by atoms with Crippen LogP contribution in [0.5, 0.6) is 5.75 Å². The molecule has 1 aromatic rings. The molecule has 0 N–H and O–H groups in total. The molecular weight excluding hydrogens is 255 g/mol. The minimum atomic E-state index is -1.32. The number of carbonyl (C=O) groups excluding carboxylic acids is 1. The van der Waals surface area contributed by atoms with Crippen molar-refractivity contribution < 1.29 is 13.9 Å². The number of hydrogen-bond donors (Lipinski definition) is 0. The molecule has 2 nitrogen and oxygen atoms in total. The van der Waals surface area contributed by atoms with Gasteiger partial charge in [-0.2, -0.15) is 0 Å². The van der Waals surface area contributed by atoms with Gasteiger partial charge in [0.05, 0.1) is 6.61 Å². The fourth-order valence-electron chi connectivity index (χ4n) is 2.04. The molecule has 0 fully saturated rings. The number of aldehydes is 1. The average molecular weight is 280 g/mol. The zero-order valence-electron chi connectivity index (χ0n) is 12.3. The SMILES string of the molecule is CCCCCCOc1ccc(CCCC(F)C=O)cc1. The third-order valence-corrected chi connectivity index (χ3v) is 3.28. The van der Waals surface area contributed by atoms with E-state index in [1.807, 2.05) is 24.3 Å². The van der Waals surface area contributed by atoms with Gasteiger partial charge in [0, 0.05) is 0 Å². The van der Waals surface area contributed by atoms with Crippen LogP contribution < -0.4 is 4.74 Å². The molecule has 0 aliphatic carbocycles. The maximum atomic E-state index is 12.7. The quantitative estimate of drug-likeness (QED) is 0.440. The number of alkyl halides is 1. The second kappa shape index (κ2) is 10.4. The highest BCUT2D eigenvalue weighted by atomic mass is 19.1. The Morgan fingerprint density at radius 1 is 1.15 bits per heavy atom. The highest BCUT2D eigenvalue weighted by Gasteiger charge is 2.03. The van der Waals surface area contributed by atoms with Crippen molar-refractivity contribution in [3.05, 3.63) is 29.8 Å². The van der Waals surface area contributed by atoms with Crippen LogP contribution >= 0.6 is 0 Å². The average Bonchev–Trinajstić information content (AvgIpc) is 2.48. The second-order valence-corrected chi connectivity index (χ2v) is 5.10. The molecule has 0 bridgehead atoms. The van der Waals surface area contributed by atoms with E-state index >= 15 is 0 Å². The van der Waals surface area contributed by atoms with E-state index in [0.29, 0.717) is 19.1 Å². The Bertz CT molecular complexity index is 362. The van der Waals surface area contributed by atoms with Gasteiger partial charge in [0.15, 0.2) is 12.5 Å². The third-order valence-electron chi connectivity index (χ3n) is 3.28. The summed E-state index contributed by atoms with van der Waals surface area (Å²) in [6, 6.07) is 7.94. The Hall–Kier alpha value is -1.38. The summed E-state index contributed by atoms with van der Waals surface area (Å²) in [6.45, 7) is 2.96. The lowest BCUT2D eigenvalue weighted by Crippen LogP contribution is -2.01. The highest BCUT2D eigenvalue weighted by molar-refractivity contribution is 5.55. The smallest absolute Gasteiger partial charge is 0.155 e. The minimum Gasteiger partial charge on any atom is -0.494 e. The fourth-order valence-corrected chi connectivity index (χ4v) is 2.04. The second-order valence-electron chi connectivity index (χ2n) is 5.10. The summed E-state index contributed by atoms with van der Waals surface area (Å²) in [5.41, 5.74) is 1.15. The van der Waals surface area contributed by atoms with Crippen molar-refractivity contribution in [3.63, 3.8) is 0 Å². The Kier molecular flexibility index (Phi) is 8.68. The van der Waals surface area contributed by atoms with Gasteiger partial charge in [-0.3, -0.25) is 0 Å². The number of ether oxygens (including phenoxy) is 1. The number of halogens is 1. The predicted molar refractivity (Wildman–Crippen MR) is 80.0 cm³/mol. The van der Waals surface area contributed by atoms with Crippen molar-refractivity contribution in [3.8, 4) is 5.75 Å². The molecule has 1 rings (SSSR count). The number of rotatable bonds is 11. The molecule has 0 aliphatic heterocycles. The van der Waals surface area contributed by atoms with E-state index in [-0.39, 0.29) is 0 Å². The summed E-state index contributed by atoms with van der Waals surface area (Å²) in [6.07, 6.45) is 5.66. The molecule has 0 aliphatic rings. The van der Waals surface area contributed by atoms with Gasteiger partial charge in [0.1, 0.15) is 5.75 Å². The van der Waals surface area contributed by atoms with Crippen LogP contribution in [-0.4, -0.2) is 19.1 Å². The van der Waals surface area contributed by atoms with Crippen molar-refractivity contribution in [1.82, 2.24) is 0 Å². The van der Waals surface area contributed by atoms with Crippen molar-refractivity contribution in [2.45, 2.75) is 58.0 Å². The molecule has 1 unspecified atom stereocenters. The van der Waals surface area contributed by atoms with Crippen molar-refractivity contribution in [2.75, 3.05) is 6.61 Å². The first-order chi connectivity index (χ1) is 9.76. The summed E-state index contributed by atoms with van der Waals surface area (Å²) in [4.78, 5) is 10.2. The summed E-state index contributed by atoms with van der Waals surface area (Å²) in [7, 11) is 0. The zero-order valence-corrected chi connectivity index (χ0v) is 12.3. The topological polar surface area (TPSA) is 26.3 Å². The zero-order chi connectivity index (χ0) is 14.6. The molecule has 0 spiro atoms. The molecule has 0 radical (unpaired) electrons. The van der Waals surface area contributed by atoms with Crippen molar-refractivity contribution in [2.24, 2.45) is 0 Å². The largest absolute Gasteiger partial charge is 0.494 e. The fraction of sp³-hybridized carbons (Fsp3) is 0.588. The summed E-state index contributed by atoms with van der Waals surface area (Å²) >= 11 is 0. The van der Waals surface area contributed by atoms with E-state index < -0.39 is 6.17 Å². The summed E-state index contributed by atoms with van der Waals surface area (Å²) in [5, 5.41) is 0. The number of unbranched alkanes of at least 4 members (excludes halogenated alkanes) is 3. The standard InChI is InChI=1S/C17H25FO2/c1-2-3-4-5-13-20-17-11-9-15(10-12-17)7-6-8-16(18)14-19/h9-12,14,16H,2-8,13H2,1H3. The molecule has 0 saturated heterocycles. The Morgan fingerprint density at radius 2 is 1.90 bits per heavy atom. The van der Waals surface area contributed by atoms with Crippen LogP contribution in [0.25, 0.3) is 0 Å². The minimum absolute atomic E-state index is 0.305. The first-order valence-corrected chi connectivity index (χ1v) is 7.57. The van der Waals surface area contributed by atoms with E-state index in [1.165, 1.54) is 19.3 Å². The molecule has 0 aromatic heterocycles. The first-order valence-electron chi connectivity index (χ1n) is 7.57. The van der Waals surface area contributed by atoms with E-state index in [2.05, 4.69) is 6.92 Å². The molecule has 0 heterocycles. The van der Waals surface area contributed by atoms with Crippen LogP contribution in [0, 0.1) is 0 Å². The van der Waals surface area contributed by atoms with E-state index in [4.69, 9.17) is 4.74 Å². The van der Waals surface area contributed by atoms with Crippen LogP contribution in [0.1, 0.15) is 51.0 Å². The van der Waals surface area contributed by atoms with Crippen LogP contribution in [0.4, 0.5) is 4.39 Å². The van der Waals surface area contributed by atoms with Crippen molar-refractivity contribution >= 4 is 6.29 Å². The van der Waals surface area contributed by atoms with Gasteiger partial charge in [-0.05, 0) is 43.4 Å². The highest BCUT2D eigenvalue weighted by Crippen LogP contribution is 2.15. The molecule has 3 heteroatoms. The van der Waals surface area contributed by atoms with E-state index in [0.717, 1.165) is 30.8 Å². The summed E-state index contributed by atoms with van der Waals surface area (Å²) < 4.78 is 18.4. The monoisotopic (exact) mass is 280 g/mol. The molecule has 0 amide bonds. The van der Waals surface area contributed by atoms with Gasteiger partial charge in [-0.1, -0.05) is 38.3 Å². The molecule has 1 atom stereocenters. The van der Waals surface area contributed by atoms with Crippen LogP contribution in [0.2, 0.25) is 0 Å². The lowest BCUT2D eigenvalue weighted by molar-refractivity contribution is -0.112. The van der Waals surface area contributed by atoms with Gasteiger partial charge < -0.3 is 9.53 Å². The predicted octanol–water partition coefficient (Wildman–Crippen LogP) is 4.51. The normalized spacial score (nSPS) is 12.1. The number of hydrogen-bond acceptors (Lipinski definition) is 2. The Morgan fingerprint density at radius 3 is 2.55 bits per heavy atom. The van der Waals surface area contributed by atoms with E-state index in [1.54, 1.807) is 0 Å². The van der Waals surface area contributed by atoms with Gasteiger partial charge in [-0.25, -0.2) is 4.39 Å². The lowest BCUT2D eigenvalue weighted by atomic mass is 10.1. The molecule has 112 valence electrons. The molecule has 1 aromatic carbocycles. The van der Waals surface area contributed by atoms with E-state index in [9.17, 15) is 9.18 Å². The third kappa shape index (κ3) is 7.27. The summed E-state index contributed by atoms with van der Waals surface area (Å²) in [5.74, 6) is 0.890. The lowest BCUT2D eigenvalue weighted by Gasteiger charge is -2.07. The van der Waals surface area contributed by atoms with Gasteiger partial charge in [-0.15, -0.1) is 0 Å². The van der Waals surface area contributed by atoms with Crippen LogP contribution in [0.3, 0.4) is 0 Å². The maximum Gasteiger partial charge on any atom is 0.155 e. The van der Waals surface area contributed by atoms with Gasteiger partial charge >= 0.3 is 0 Å². The van der Waals surface area contributed by atoms with Crippen LogP contribution in [0.15, 0.2) is 24.3 Å². The van der Waals surface area contributed by atoms with Gasteiger partial charge in [0.25, 0.3) is 0 Å². The number of carbonyl (C=O) groups is 1. The molecular formula is C17H25FO2. The van der Waals surface area contributed by atoms with Crippen molar-refractivity contribution in [1.29, 1.82) is 0 Å². The Labute approximate surface area is 121 Å². The Balaban J connectivity index is 2.20. The number of aryl methyl sites for hydroxylation is 1. The van der Waals surface area contributed by atoms with Crippen LogP contribution in [-0.2, 0) is 11.2 Å². The maximum absolute atomic E-state index is 12.7. The number of benzene rings is 1. The van der Waals surface area contributed by atoms with Gasteiger partial charge in [0.2, 0.25) is 0 Å². The first kappa shape index (κ1) is 16.7. The molecule has 20 heavy (non-hydrogen) atoms. The molecule has 0 saturated carbocycles.